The molecule has 4 rings (SSSR count). The van der Waals surface area contributed by atoms with Gasteiger partial charge in [-0.1, -0.05) is 23.7 Å². The second-order valence-electron chi connectivity index (χ2n) is 6.70. The van der Waals surface area contributed by atoms with Crippen LogP contribution in [0.5, 0.6) is 11.5 Å². The minimum atomic E-state index is 0.127. The smallest absolute Gasteiger partial charge is 0.227 e. The van der Waals surface area contributed by atoms with Crippen molar-refractivity contribution in [2.24, 2.45) is 4.99 Å². The van der Waals surface area contributed by atoms with E-state index in [1.807, 2.05) is 56.3 Å². The molecule has 0 unspecified atom stereocenters. The molecular formula is C23H19ClN2O3. The molecule has 1 aromatic heterocycles. The molecule has 6 heteroatoms. The van der Waals surface area contributed by atoms with E-state index in [9.17, 15) is 5.11 Å². The lowest BCUT2D eigenvalue weighted by atomic mass is 10.0. The molecule has 1 N–H and O–H groups in total. The molecule has 0 aliphatic rings. The van der Waals surface area contributed by atoms with Crippen molar-refractivity contribution in [1.82, 2.24) is 4.98 Å². The zero-order valence-electron chi connectivity index (χ0n) is 16.2. The van der Waals surface area contributed by atoms with Crippen LogP contribution in [0.15, 0.2) is 57.9 Å². The predicted molar refractivity (Wildman–Crippen MR) is 116 cm³/mol. The molecule has 0 atom stereocenters. The van der Waals surface area contributed by atoms with Gasteiger partial charge >= 0.3 is 0 Å². The highest BCUT2D eigenvalue weighted by Gasteiger charge is 2.13. The van der Waals surface area contributed by atoms with Gasteiger partial charge in [0.1, 0.15) is 22.7 Å². The van der Waals surface area contributed by atoms with E-state index in [1.54, 1.807) is 19.4 Å². The van der Waals surface area contributed by atoms with Crippen molar-refractivity contribution in [3.63, 3.8) is 0 Å². The van der Waals surface area contributed by atoms with Gasteiger partial charge in [0.15, 0.2) is 5.58 Å². The molecule has 29 heavy (non-hydrogen) atoms. The van der Waals surface area contributed by atoms with E-state index >= 15 is 0 Å². The zero-order valence-corrected chi connectivity index (χ0v) is 17.0. The second-order valence-corrected chi connectivity index (χ2v) is 7.07. The Morgan fingerprint density at radius 3 is 2.69 bits per heavy atom. The van der Waals surface area contributed by atoms with E-state index < -0.39 is 0 Å². The number of ether oxygens (including phenoxy) is 1. The molecule has 0 saturated carbocycles. The highest BCUT2D eigenvalue weighted by Crippen LogP contribution is 2.35. The van der Waals surface area contributed by atoms with Crippen LogP contribution in [-0.2, 0) is 0 Å². The lowest BCUT2D eigenvalue weighted by Crippen LogP contribution is -1.92. The molecule has 0 fully saturated rings. The molecule has 146 valence electrons. The Hall–Kier alpha value is -3.31. The molecule has 0 spiro atoms. The number of hydrogen-bond donors (Lipinski definition) is 1. The maximum atomic E-state index is 10.3. The summed E-state index contributed by atoms with van der Waals surface area (Å²) in [6.07, 6.45) is 1.59. The van der Waals surface area contributed by atoms with E-state index in [1.165, 1.54) is 0 Å². The van der Waals surface area contributed by atoms with Crippen LogP contribution < -0.4 is 4.74 Å². The number of halogens is 1. The van der Waals surface area contributed by atoms with E-state index in [2.05, 4.69) is 9.98 Å². The predicted octanol–water partition coefficient (Wildman–Crippen LogP) is 6.23. The Kier molecular flexibility index (Phi) is 4.99. The Morgan fingerprint density at radius 1 is 1.14 bits per heavy atom. The minimum Gasteiger partial charge on any atom is -0.507 e. The van der Waals surface area contributed by atoms with Crippen LogP contribution in [0.4, 0.5) is 5.69 Å². The van der Waals surface area contributed by atoms with Gasteiger partial charge in [-0.25, -0.2) is 4.98 Å². The lowest BCUT2D eigenvalue weighted by molar-refractivity contribution is 0.416. The van der Waals surface area contributed by atoms with Crippen LogP contribution in [-0.4, -0.2) is 23.4 Å². The summed E-state index contributed by atoms with van der Waals surface area (Å²) in [5.41, 5.74) is 5.02. The van der Waals surface area contributed by atoms with Crippen LogP contribution in [0.3, 0.4) is 0 Å². The quantitative estimate of drug-likeness (QED) is 0.408. The number of aryl methyl sites for hydroxylation is 1. The standard InChI is InChI=1S/C23H19ClN2O3/c1-13-10-19(27)16(14(2)22(13)24)12-25-18-11-15(8-9-20(18)28-3)23-26-17-6-4-5-7-21(17)29-23/h4-12,27H,1-3H3. The molecule has 4 aromatic rings. The SMILES string of the molecule is COc1ccc(-c2nc3ccccc3o2)cc1N=Cc1c(O)cc(C)c(Cl)c1C. The second kappa shape index (κ2) is 7.60. The van der Waals surface area contributed by atoms with Crippen LogP contribution in [0.25, 0.3) is 22.6 Å². The van der Waals surface area contributed by atoms with Crippen LogP contribution in [0, 0.1) is 13.8 Å². The Bertz CT molecular complexity index is 1210. The van der Waals surface area contributed by atoms with Gasteiger partial charge in [0, 0.05) is 22.4 Å². The molecule has 1 heterocycles. The fourth-order valence-electron chi connectivity index (χ4n) is 3.17. The minimum absolute atomic E-state index is 0.127. The summed E-state index contributed by atoms with van der Waals surface area (Å²) in [7, 11) is 1.58. The fraction of sp³-hybridized carbons (Fsp3) is 0.130. The number of phenols is 1. The number of nitrogens with zero attached hydrogens (tertiary/aromatic N) is 2. The summed E-state index contributed by atoms with van der Waals surface area (Å²) in [4.78, 5) is 9.07. The van der Waals surface area contributed by atoms with Crippen LogP contribution in [0.2, 0.25) is 5.02 Å². The van der Waals surface area contributed by atoms with Crippen molar-refractivity contribution in [2.45, 2.75) is 13.8 Å². The molecule has 0 radical (unpaired) electrons. The van der Waals surface area contributed by atoms with Gasteiger partial charge in [0.25, 0.3) is 0 Å². The van der Waals surface area contributed by atoms with Gasteiger partial charge in [-0.3, -0.25) is 4.99 Å². The number of para-hydroxylation sites is 2. The average molecular weight is 407 g/mol. The topological polar surface area (TPSA) is 67.9 Å². The molecule has 0 aliphatic carbocycles. The average Bonchev–Trinajstić information content (AvgIpc) is 3.16. The van der Waals surface area contributed by atoms with Gasteiger partial charge in [0.2, 0.25) is 5.89 Å². The normalized spacial score (nSPS) is 11.4. The monoisotopic (exact) mass is 406 g/mol. The van der Waals surface area contributed by atoms with E-state index in [0.717, 1.165) is 27.8 Å². The molecule has 3 aromatic carbocycles. The zero-order chi connectivity index (χ0) is 20.5. The lowest BCUT2D eigenvalue weighted by Gasteiger charge is -2.09. The molecule has 0 saturated heterocycles. The van der Waals surface area contributed by atoms with Gasteiger partial charge < -0.3 is 14.3 Å². The Balaban J connectivity index is 1.77. The first-order valence-corrected chi connectivity index (χ1v) is 9.42. The highest BCUT2D eigenvalue weighted by atomic mass is 35.5. The van der Waals surface area contributed by atoms with Crippen molar-refractivity contribution < 1.29 is 14.3 Å². The Morgan fingerprint density at radius 2 is 1.93 bits per heavy atom. The van der Waals surface area contributed by atoms with Crippen LogP contribution in [0.1, 0.15) is 16.7 Å². The fourth-order valence-corrected chi connectivity index (χ4v) is 3.33. The van der Waals surface area contributed by atoms with Crippen molar-refractivity contribution in [1.29, 1.82) is 0 Å². The number of hydrogen-bond acceptors (Lipinski definition) is 5. The van der Waals surface area contributed by atoms with Gasteiger partial charge in [-0.15, -0.1) is 0 Å². The Labute approximate surface area is 173 Å². The van der Waals surface area contributed by atoms with E-state index in [-0.39, 0.29) is 5.75 Å². The summed E-state index contributed by atoms with van der Waals surface area (Å²) >= 11 is 6.32. The number of fused-ring (bicyclic) bond motifs is 1. The third-order valence-corrected chi connectivity index (χ3v) is 5.34. The molecule has 0 amide bonds. The van der Waals surface area contributed by atoms with Crippen LogP contribution >= 0.6 is 11.6 Å². The summed E-state index contributed by atoms with van der Waals surface area (Å²) in [5.74, 6) is 1.22. The number of rotatable bonds is 4. The largest absolute Gasteiger partial charge is 0.507 e. The van der Waals surface area contributed by atoms with Crippen molar-refractivity contribution in [3.05, 3.63) is 70.2 Å². The van der Waals surface area contributed by atoms with Crippen molar-refractivity contribution >= 4 is 34.6 Å². The number of aliphatic imine (C=N–C) groups is 1. The highest BCUT2D eigenvalue weighted by molar-refractivity contribution is 6.32. The first kappa shape index (κ1) is 19.0. The number of oxazole rings is 1. The number of aromatic nitrogens is 1. The first-order chi connectivity index (χ1) is 14.0. The van der Waals surface area contributed by atoms with Gasteiger partial charge in [-0.05, 0) is 61.4 Å². The van der Waals surface area contributed by atoms with Crippen molar-refractivity contribution in [2.75, 3.05) is 7.11 Å². The van der Waals surface area contributed by atoms with Gasteiger partial charge in [-0.2, -0.15) is 0 Å². The van der Waals surface area contributed by atoms with E-state index in [4.69, 9.17) is 20.8 Å². The van der Waals surface area contributed by atoms with Crippen molar-refractivity contribution in [3.8, 4) is 23.0 Å². The third kappa shape index (κ3) is 3.57. The number of aromatic hydroxyl groups is 1. The third-order valence-electron chi connectivity index (χ3n) is 4.76. The molecule has 0 aliphatic heterocycles. The van der Waals surface area contributed by atoms with Gasteiger partial charge in [0.05, 0.1) is 7.11 Å². The molecule has 0 bridgehead atoms. The maximum absolute atomic E-state index is 10.3. The number of phenolic OH excluding ortho intramolecular Hbond substituents is 1. The van der Waals surface area contributed by atoms with E-state index in [0.29, 0.717) is 27.9 Å². The summed E-state index contributed by atoms with van der Waals surface area (Å²) in [6, 6.07) is 14.7. The summed E-state index contributed by atoms with van der Waals surface area (Å²) in [6.45, 7) is 3.70. The summed E-state index contributed by atoms with van der Waals surface area (Å²) in [5, 5.41) is 10.9. The maximum Gasteiger partial charge on any atom is 0.227 e. The number of benzene rings is 3. The number of methoxy groups -OCH3 is 1. The molecular weight excluding hydrogens is 388 g/mol. The first-order valence-electron chi connectivity index (χ1n) is 9.04. The summed E-state index contributed by atoms with van der Waals surface area (Å²) < 4.78 is 11.3. The molecule has 5 nitrogen and oxygen atoms in total.